The summed E-state index contributed by atoms with van der Waals surface area (Å²) in [5.74, 6) is -20.1. The van der Waals surface area contributed by atoms with Gasteiger partial charge in [-0.1, -0.05) is 3.89 Å². The normalized spacial score (nSPS) is 17.5. The Morgan fingerprint density at radius 1 is 0.600 bits per heavy atom. The largest absolute Gasteiger partial charge is 0.476 e. The standard InChI is InChI=1S/C8F16O5S/c9-2(30(24,26)27,29-8(22,23)4(12,13)6(17,18)19)1(25)28-7(20,21)3(10,11)5(14,15)16. The van der Waals surface area contributed by atoms with Gasteiger partial charge >= 0.3 is 57.8 Å². The number of rotatable bonds is 7. The molecule has 0 N–H and O–H groups in total. The van der Waals surface area contributed by atoms with E-state index in [9.17, 15) is 83.0 Å². The van der Waals surface area contributed by atoms with Crippen LogP contribution in [-0.4, -0.2) is 56.0 Å². The molecule has 0 aromatic rings. The minimum absolute atomic E-state index is 1.52. The van der Waals surface area contributed by atoms with Crippen LogP contribution in [0.1, 0.15) is 0 Å². The first kappa shape index (κ1) is 28.3. The fourth-order valence-corrected chi connectivity index (χ4v) is 1.44. The maximum Gasteiger partial charge on any atom is 0.476 e. The summed E-state index contributed by atoms with van der Waals surface area (Å²) in [6.45, 7) is 0. The highest BCUT2D eigenvalue weighted by Gasteiger charge is 2.81. The first-order valence-corrected chi connectivity index (χ1v) is 7.18. The van der Waals surface area contributed by atoms with Gasteiger partial charge in [0.2, 0.25) is 0 Å². The summed E-state index contributed by atoms with van der Waals surface area (Å²) >= 11 is 0. The molecular formula is C8F16O5S. The SMILES string of the molecule is O=C(OC(F)(F)C(F)(F)C(F)(F)F)C(F)(OC(F)(F)C(F)(F)C(F)(F)F)S(=O)(=O)F. The number of alkyl halides is 15. The first-order valence-electron chi connectivity index (χ1n) is 5.80. The number of esters is 1. The molecule has 0 amide bonds. The van der Waals surface area contributed by atoms with Crippen molar-refractivity contribution in [3.05, 3.63) is 0 Å². The molecular weight excluding hydrogens is 512 g/mol. The van der Waals surface area contributed by atoms with Gasteiger partial charge in [-0.25, -0.2) is 4.79 Å². The summed E-state index contributed by atoms with van der Waals surface area (Å²) in [5, 5.41) is -7.21. The summed E-state index contributed by atoms with van der Waals surface area (Å²) in [7, 11) is -8.16. The minimum atomic E-state index is -8.16. The Labute approximate surface area is 151 Å². The van der Waals surface area contributed by atoms with E-state index in [1.165, 1.54) is 4.74 Å². The van der Waals surface area contributed by atoms with Crippen molar-refractivity contribution in [3.8, 4) is 0 Å². The van der Waals surface area contributed by atoms with Crippen LogP contribution in [0, 0.1) is 0 Å². The molecule has 0 heterocycles. The highest BCUT2D eigenvalue weighted by molar-refractivity contribution is 7.88. The lowest BCUT2D eigenvalue weighted by Gasteiger charge is -2.32. The van der Waals surface area contributed by atoms with Crippen LogP contribution in [0.3, 0.4) is 0 Å². The Hall–Kier alpha value is -1.74. The van der Waals surface area contributed by atoms with Crippen molar-refractivity contribution in [1.82, 2.24) is 0 Å². The van der Waals surface area contributed by atoms with Crippen molar-refractivity contribution < 1.29 is 92.4 Å². The van der Waals surface area contributed by atoms with E-state index in [0.717, 1.165) is 0 Å². The van der Waals surface area contributed by atoms with Crippen molar-refractivity contribution in [2.75, 3.05) is 0 Å². The van der Waals surface area contributed by atoms with Gasteiger partial charge < -0.3 is 4.74 Å². The van der Waals surface area contributed by atoms with Crippen LogP contribution < -0.4 is 0 Å². The Kier molecular flexibility index (Phi) is 6.74. The predicted octanol–water partition coefficient (Wildman–Crippen LogP) is 4.05. The van der Waals surface area contributed by atoms with Crippen LogP contribution in [0.25, 0.3) is 0 Å². The number of halogens is 16. The van der Waals surface area contributed by atoms with E-state index in [-0.39, 0.29) is 0 Å². The second kappa shape index (κ2) is 7.15. The molecule has 0 aliphatic carbocycles. The van der Waals surface area contributed by atoms with E-state index in [1.54, 1.807) is 4.74 Å². The van der Waals surface area contributed by atoms with Gasteiger partial charge in [0, 0.05) is 0 Å². The molecule has 0 radical (unpaired) electrons. The average Bonchev–Trinajstić information content (AvgIpc) is 2.41. The molecule has 0 aromatic carbocycles. The van der Waals surface area contributed by atoms with Gasteiger partial charge in [-0.05, 0) is 0 Å². The second-order valence-corrected chi connectivity index (χ2v) is 6.04. The van der Waals surface area contributed by atoms with Crippen LogP contribution >= 0.6 is 0 Å². The lowest BCUT2D eigenvalue weighted by Crippen LogP contribution is -2.61. The lowest BCUT2D eigenvalue weighted by atomic mass is 10.3. The molecule has 180 valence electrons. The van der Waals surface area contributed by atoms with Gasteiger partial charge in [-0.3, -0.25) is 4.74 Å². The smallest absolute Gasteiger partial charge is 0.391 e. The summed E-state index contributed by atoms with van der Waals surface area (Å²) in [5.41, 5.74) is 0. The number of hydrogen-bond donors (Lipinski definition) is 0. The molecule has 1 unspecified atom stereocenters. The van der Waals surface area contributed by atoms with Gasteiger partial charge in [-0.2, -0.15) is 74.3 Å². The van der Waals surface area contributed by atoms with Gasteiger partial charge in [0.05, 0.1) is 0 Å². The Morgan fingerprint density at radius 2 is 0.900 bits per heavy atom. The maximum atomic E-state index is 13.6. The first-order chi connectivity index (χ1) is 12.6. The molecule has 30 heavy (non-hydrogen) atoms. The van der Waals surface area contributed by atoms with Gasteiger partial charge in [0.25, 0.3) is 0 Å². The molecule has 0 saturated heterocycles. The highest BCUT2D eigenvalue weighted by Crippen LogP contribution is 2.51. The van der Waals surface area contributed by atoms with Crippen molar-refractivity contribution in [2.24, 2.45) is 0 Å². The van der Waals surface area contributed by atoms with Crippen molar-refractivity contribution >= 4 is 16.2 Å². The fourth-order valence-electron chi connectivity index (χ4n) is 0.991. The van der Waals surface area contributed by atoms with Crippen LogP contribution in [0.15, 0.2) is 0 Å². The molecule has 5 nitrogen and oxygen atoms in total. The zero-order chi connectivity index (χ0) is 25.0. The molecule has 0 fully saturated rings. The molecule has 0 bridgehead atoms. The van der Waals surface area contributed by atoms with E-state index in [4.69, 9.17) is 0 Å². The summed E-state index contributed by atoms with van der Waals surface area (Å²) in [6.07, 6.45) is -30.0. The topological polar surface area (TPSA) is 69.7 Å². The maximum absolute atomic E-state index is 13.6. The third-order valence-corrected chi connectivity index (χ3v) is 3.36. The molecule has 1 atom stereocenters. The Balaban J connectivity index is 6.37. The minimum Gasteiger partial charge on any atom is -0.391 e. The highest BCUT2D eigenvalue weighted by atomic mass is 32.3. The van der Waals surface area contributed by atoms with Crippen molar-refractivity contribution in [3.63, 3.8) is 0 Å². The van der Waals surface area contributed by atoms with Crippen molar-refractivity contribution in [2.45, 2.75) is 41.6 Å². The third kappa shape index (κ3) is 4.61. The fraction of sp³-hybridized carbons (Fsp3) is 0.875. The van der Waals surface area contributed by atoms with Crippen molar-refractivity contribution in [1.29, 1.82) is 0 Å². The van der Waals surface area contributed by atoms with E-state index in [0.29, 0.717) is 0 Å². The molecule has 0 aromatic heterocycles. The monoisotopic (exact) mass is 512 g/mol. The molecule has 0 rings (SSSR count). The predicted molar refractivity (Wildman–Crippen MR) is 52.9 cm³/mol. The van der Waals surface area contributed by atoms with Gasteiger partial charge in [0.15, 0.2) is 0 Å². The number of hydrogen-bond acceptors (Lipinski definition) is 5. The van der Waals surface area contributed by atoms with E-state index in [1.807, 2.05) is 0 Å². The molecule has 0 saturated carbocycles. The Morgan fingerprint density at radius 3 is 1.17 bits per heavy atom. The zero-order valence-corrected chi connectivity index (χ0v) is 13.3. The average molecular weight is 512 g/mol. The van der Waals surface area contributed by atoms with E-state index in [2.05, 4.69) is 0 Å². The molecule has 0 aliphatic rings. The second-order valence-electron chi connectivity index (χ2n) is 4.64. The zero-order valence-electron chi connectivity index (χ0n) is 12.5. The quantitative estimate of drug-likeness (QED) is 0.293. The number of carbonyl (C=O) groups is 1. The van der Waals surface area contributed by atoms with Crippen LogP contribution in [-0.2, 0) is 24.5 Å². The third-order valence-electron chi connectivity index (χ3n) is 2.48. The Bertz CT molecular complexity index is 765. The summed E-state index contributed by atoms with van der Waals surface area (Å²) in [6, 6.07) is 0. The molecule has 22 heteroatoms. The van der Waals surface area contributed by atoms with Crippen LogP contribution in [0.4, 0.5) is 69.7 Å². The lowest BCUT2D eigenvalue weighted by molar-refractivity contribution is -0.446. The molecule has 0 aliphatic heterocycles. The van der Waals surface area contributed by atoms with Crippen LogP contribution in [0.5, 0.6) is 0 Å². The van der Waals surface area contributed by atoms with E-state index >= 15 is 0 Å². The van der Waals surface area contributed by atoms with Gasteiger partial charge in [0.1, 0.15) is 0 Å². The summed E-state index contributed by atoms with van der Waals surface area (Å²) < 4.78 is 222. The van der Waals surface area contributed by atoms with Gasteiger partial charge in [-0.15, -0.1) is 0 Å². The number of ether oxygens (including phenoxy) is 2. The van der Waals surface area contributed by atoms with E-state index < -0.39 is 57.8 Å². The molecule has 0 spiro atoms. The summed E-state index contributed by atoms with van der Waals surface area (Å²) in [4.78, 5) is 10.8. The number of carbonyl (C=O) groups excluding carboxylic acids is 1. The van der Waals surface area contributed by atoms with Crippen LogP contribution in [0.2, 0.25) is 0 Å².